The first kappa shape index (κ1) is 17.2. The van der Waals surface area contributed by atoms with Crippen LogP contribution in [0.4, 0.5) is 0 Å². The summed E-state index contributed by atoms with van der Waals surface area (Å²) in [7, 11) is 0. The Bertz CT molecular complexity index is 768. The lowest BCUT2D eigenvalue weighted by Crippen LogP contribution is -2.38. The second-order valence-electron chi connectivity index (χ2n) is 6.70. The molecule has 1 aliphatic rings. The molecular weight excluding hydrogens is 312 g/mol. The Labute approximate surface area is 148 Å². The number of fused-ring (bicyclic) bond motifs is 1. The van der Waals surface area contributed by atoms with Crippen LogP contribution in [0.25, 0.3) is 0 Å². The van der Waals surface area contributed by atoms with E-state index in [1.807, 2.05) is 48.2 Å². The molecule has 0 saturated carbocycles. The zero-order chi connectivity index (χ0) is 17.8. The van der Waals surface area contributed by atoms with Gasteiger partial charge in [-0.3, -0.25) is 9.59 Å². The number of carbonyl (C=O) groups is 2. The number of nitrogens with one attached hydrogen (secondary N) is 1. The Morgan fingerprint density at radius 2 is 1.76 bits per heavy atom. The fourth-order valence-electron chi connectivity index (χ4n) is 3.31. The maximum absolute atomic E-state index is 12.8. The van der Waals surface area contributed by atoms with Crippen molar-refractivity contribution in [2.24, 2.45) is 0 Å². The Morgan fingerprint density at radius 1 is 1.08 bits per heavy atom. The van der Waals surface area contributed by atoms with E-state index >= 15 is 0 Å². The normalized spacial score (nSPS) is 14.6. The number of rotatable bonds is 4. The van der Waals surface area contributed by atoms with Crippen molar-refractivity contribution < 1.29 is 9.59 Å². The van der Waals surface area contributed by atoms with Crippen LogP contribution < -0.4 is 5.32 Å². The van der Waals surface area contributed by atoms with Crippen LogP contribution in [0.3, 0.4) is 0 Å². The van der Waals surface area contributed by atoms with Crippen LogP contribution in [-0.4, -0.2) is 23.3 Å². The third-order valence-electron chi connectivity index (χ3n) is 4.72. The number of benzene rings is 2. The number of hydrogen-bond acceptors (Lipinski definition) is 2. The molecule has 0 spiro atoms. The van der Waals surface area contributed by atoms with E-state index in [1.165, 1.54) is 18.1 Å². The standard InChI is InChI=1S/C21H24N2O2/c1-15-7-9-18(10-8-15)20(22-16(2)24)13-21(25)23-12-11-17-5-3-4-6-19(17)14-23/h3-10,20H,11-14H2,1-2H3,(H,22,24)/t20-/m1/s1. The van der Waals surface area contributed by atoms with Crippen molar-refractivity contribution in [1.82, 2.24) is 10.2 Å². The molecule has 1 heterocycles. The highest BCUT2D eigenvalue weighted by molar-refractivity contribution is 5.79. The maximum Gasteiger partial charge on any atom is 0.225 e. The molecule has 2 aromatic carbocycles. The Morgan fingerprint density at radius 3 is 2.44 bits per heavy atom. The van der Waals surface area contributed by atoms with Crippen molar-refractivity contribution in [3.63, 3.8) is 0 Å². The molecule has 2 aromatic rings. The van der Waals surface area contributed by atoms with E-state index in [2.05, 4.69) is 17.4 Å². The summed E-state index contributed by atoms with van der Waals surface area (Å²) in [5, 5.41) is 2.92. The molecule has 1 atom stereocenters. The highest BCUT2D eigenvalue weighted by atomic mass is 16.2. The van der Waals surface area contributed by atoms with Gasteiger partial charge in [0.15, 0.2) is 0 Å². The predicted molar refractivity (Wildman–Crippen MR) is 97.9 cm³/mol. The first-order valence-corrected chi connectivity index (χ1v) is 8.71. The molecule has 130 valence electrons. The summed E-state index contributed by atoms with van der Waals surface area (Å²) in [5.41, 5.74) is 4.66. The number of nitrogens with zero attached hydrogens (tertiary/aromatic N) is 1. The van der Waals surface area contributed by atoms with Gasteiger partial charge in [-0.15, -0.1) is 0 Å². The van der Waals surface area contributed by atoms with Crippen LogP contribution in [-0.2, 0) is 22.6 Å². The molecule has 0 bridgehead atoms. The molecule has 4 heteroatoms. The number of carbonyl (C=O) groups excluding carboxylic acids is 2. The summed E-state index contributed by atoms with van der Waals surface area (Å²) >= 11 is 0. The van der Waals surface area contributed by atoms with Crippen LogP contribution in [0.1, 0.15) is 41.6 Å². The number of amides is 2. The minimum Gasteiger partial charge on any atom is -0.349 e. The molecule has 0 fully saturated rings. The lowest BCUT2D eigenvalue weighted by molar-refractivity contribution is -0.133. The highest BCUT2D eigenvalue weighted by Crippen LogP contribution is 2.23. The average Bonchev–Trinajstić information content (AvgIpc) is 2.61. The van der Waals surface area contributed by atoms with Gasteiger partial charge in [-0.1, -0.05) is 54.1 Å². The van der Waals surface area contributed by atoms with Crippen molar-refractivity contribution in [1.29, 1.82) is 0 Å². The summed E-state index contributed by atoms with van der Waals surface area (Å²) in [6, 6.07) is 16.0. The molecule has 0 unspecified atom stereocenters. The minimum absolute atomic E-state index is 0.0776. The zero-order valence-corrected chi connectivity index (χ0v) is 14.8. The van der Waals surface area contributed by atoms with Crippen LogP contribution in [0, 0.1) is 6.92 Å². The molecule has 0 saturated heterocycles. The van der Waals surface area contributed by atoms with Crippen molar-refractivity contribution in [3.05, 3.63) is 70.8 Å². The quantitative estimate of drug-likeness (QED) is 0.932. The summed E-state index contributed by atoms with van der Waals surface area (Å²) in [5.74, 6) is -0.0452. The topological polar surface area (TPSA) is 49.4 Å². The first-order valence-electron chi connectivity index (χ1n) is 8.71. The molecule has 4 nitrogen and oxygen atoms in total. The van der Waals surface area contributed by atoms with Crippen LogP contribution in [0.15, 0.2) is 48.5 Å². The minimum atomic E-state index is -0.289. The summed E-state index contributed by atoms with van der Waals surface area (Å²) in [6.07, 6.45) is 1.17. The highest BCUT2D eigenvalue weighted by Gasteiger charge is 2.24. The third-order valence-corrected chi connectivity index (χ3v) is 4.72. The van der Waals surface area contributed by atoms with E-state index in [0.29, 0.717) is 6.54 Å². The largest absolute Gasteiger partial charge is 0.349 e. The Kier molecular flexibility index (Phi) is 5.17. The molecule has 1 aliphatic heterocycles. The summed E-state index contributed by atoms with van der Waals surface area (Å²) < 4.78 is 0. The average molecular weight is 336 g/mol. The predicted octanol–water partition coefficient (Wildman–Crippen LogP) is 3.15. The molecule has 2 amide bonds. The summed E-state index contributed by atoms with van der Waals surface area (Å²) in [4.78, 5) is 26.3. The fourth-order valence-corrected chi connectivity index (χ4v) is 3.31. The molecule has 0 aliphatic carbocycles. The SMILES string of the molecule is CC(=O)N[C@H](CC(=O)N1CCc2ccccc2C1)c1ccc(C)cc1. The van der Waals surface area contributed by atoms with E-state index < -0.39 is 0 Å². The Balaban J connectivity index is 1.72. The van der Waals surface area contributed by atoms with Crippen molar-refractivity contribution >= 4 is 11.8 Å². The van der Waals surface area contributed by atoms with Gasteiger partial charge in [0, 0.05) is 20.0 Å². The van der Waals surface area contributed by atoms with Gasteiger partial charge in [0.2, 0.25) is 11.8 Å². The van der Waals surface area contributed by atoms with E-state index in [1.54, 1.807) is 0 Å². The zero-order valence-electron chi connectivity index (χ0n) is 14.8. The second-order valence-corrected chi connectivity index (χ2v) is 6.70. The van der Waals surface area contributed by atoms with Gasteiger partial charge in [-0.2, -0.15) is 0 Å². The van der Waals surface area contributed by atoms with Gasteiger partial charge in [0.25, 0.3) is 0 Å². The van der Waals surface area contributed by atoms with Crippen molar-refractivity contribution in [2.45, 2.75) is 39.3 Å². The second kappa shape index (κ2) is 7.51. The van der Waals surface area contributed by atoms with Crippen LogP contribution in [0.5, 0.6) is 0 Å². The first-order chi connectivity index (χ1) is 12.0. The molecule has 3 rings (SSSR count). The van der Waals surface area contributed by atoms with E-state index in [9.17, 15) is 9.59 Å². The number of hydrogen-bond donors (Lipinski definition) is 1. The fraction of sp³-hybridized carbons (Fsp3) is 0.333. The van der Waals surface area contributed by atoms with Gasteiger partial charge < -0.3 is 10.2 Å². The molecule has 1 N–H and O–H groups in total. The number of aryl methyl sites for hydroxylation is 1. The van der Waals surface area contributed by atoms with Crippen LogP contribution >= 0.6 is 0 Å². The lowest BCUT2D eigenvalue weighted by atomic mass is 9.98. The smallest absolute Gasteiger partial charge is 0.225 e. The van der Waals surface area contributed by atoms with E-state index in [0.717, 1.165) is 24.1 Å². The van der Waals surface area contributed by atoms with Gasteiger partial charge in [0.1, 0.15) is 0 Å². The summed E-state index contributed by atoms with van der Waals surface area (Å²) in [6.45, 7) is 4.89. The van der Waals surface area contributed by atoms with E-state index in [4.69, 9.17) is 0 Å². The van der Waals surface area contributed by atoms with Gasteiger partial charge in [-0.05, 0) is 30.0 Å². The molecular formula is C21H24N2O2. The molecule has 0 radical (unpaired) electrons. The van der Waals surface area contributed by atoms with Crippen molar-refractivity contribution in [2.75, 3.05) is 6.54 Å². The van der Waals surface area contributed by atoms with E-state index in [-0.39, 0.29) is 24.3 Å². The van der Waals surface area contributed by atoms with Gasteiger partial charge in [0.05, 0.1) is 12.5 Å². The molecule has 25 heavy (non-hydrogen) atoms. The van der Waals surface area contributed by atoms with Gasteiger partial charge >= 0.3 is 0 Å². The lowest BCUT2D eigenvalue weighted by Gasteiger charge is -2.30. The Hall–Kier alpha value is -2.62. The van der Waals surface area contributed by atoms with Crippen molar-refractivity contribution in [3.8, 4) is 0 Å². The van der Waals surface area contributed by atoms with Gasteiger partial charge in [-0.25, -0.2) is 0 Å². The molecule has 0 aromatic heterocycles. The van der Waals surface area contributed by atoms with Crippen LogP contribution in [0.2, 0.25) is 0 Å². The third kappa shape index (κ3) is 4.27. The maximum atomic E-state index is 12.8. The monoisotopic (exact) mass is 336 g/mol.